The van der Waals surface area contributed by atoms with Crippen molar-refractivity contribution in [2.24, 2.45) is 0 Å². The molecular weight excluding hydrogens is 302 g/mol. The average Bonchev–Trinajstić information content (AvgIpc) is 2.55. The van der Waals surface area contributed by atoms with E-state index in [2.05, 4.69) is 5.32 Å². The molecule has 122 valence electrons. The molecule has 2 aromatic carbocycles. The molecule has 0 saturated carbocycles. The maximum absolute atomic E-state index is 12.3. The van der Waals surface area contributed by atoms with Crippen LogP contribution in [0.4, 0.5) is 11.4 Å². The molecule has 0 spiro atoms. The van der Waals surface area contributed by atoms with E-state index < -0.39 is 0 Å². The molecule has 2 aromatic rings. The van der Waals surface area contributed by atoms with Gasteiger partial charge in [-0.25, -0.2) is 0 Å². The van der Waals surface area contributed by atoms with Gasteiger partial charge in [0, 0.05) is 18.3 Å². The Bertz CT molecular complexity index is 822. The second-order valence-corrected chi connectivity index (χ2v) is 5.63. The minimum absolute atomic E-state index is 0.114. The molecule has 0 bridgehead atoms. The van der Waals surface area contributed by atoms with Crippen LogP contribution < -0.4 is 10.2 Å². The van der Waals surface area contributed by atoms with Crippen LogP contribution in [0.5, 0.6) is 0 Å². The van der Waals surface area contributed by atoms with Crippen molar-refractivity contribution in [1.29, 1.82) is 5.26 Å². The highest BCUT2D eigenvalue weighted by Gasteiger charge is 2.16. The van der Waals surface area contributed by atoms with Crippen molar-refractivity contribution in [3.8, 4) is 6.07 Å². The van der Waals surface area contributed by atoms with E-state index in [-0.39, 0.29) is 18.4 Å². The van der Waals surface area contributed by atoms with Crippen LogP contribution in [0.25, 0.3) is 0 Å². The number of hydrogen-bond donors (Lipinski definition) is 1. The number of nitrogens with zero attached hydrogens (tertiary/aromatic N) is 2. The van der Waals surface area contributed by atoms with Crippen LogP contribution >= 0.6 is 0 Å². The zero-order valence-corrected chi connectivity index (χ0v) is 14.0. The molecule has 24 heavy (non-hydrogen) atoms. The molecular formula is C19H19N3O2. The van der Waals surface area contributed by atoms with E-state index in [0.29, 0.717) is 11.3 Å². The maximum Gasteiger partial charge on any atom is 0.244 e. The monoisotopic (exact) mass is 321 g/mol. The largest absolute Gasteiger partial charge is 0.324 e. The summed E-state index contributed by atoms with van der Waals surface area (Å²) in [5.74, 6) is -0.555. The quantitative estimate of drug-likeness (QED) is 0.940. The first-order valence-electron chi connectivity index (χ1n) is 7.56. The fraction of sp³-hybridized carbons (Fsp3) is 0.211. The van der Waals surface area contributed by atoms with Gasteiger partial charge in [0.1, 0.15) is 6.54 Å². The van der Waals surface area contributed by atoms with Gasteiger partial charge in [0.05, 0.1) is 11.6 Å². The Morgan fingerprint density at radius 1 is 1.17 bits per heavy atom. The molecule has 1 N–H and O–H groups in total. The van der Waals surface area contributed by atoms with Crippen LogP contribution in [0, 0.1) is 25.2 Å². The molecule has 0 aliphatic heterocycles. The van der Waals surface area contributed by atoms with Gasteiger partial charge in [0.25, 0.3) is 0 Å². The SMILES string of the molecule is CC(=O)N(CC(=O)Nc1ccc(C)cc1C)c1cccc(C#N)c1. The van der Waals surface area contributed by atoms with E-state index in [9.17, 15) is 9.59 Å². The van der Waals surface area contributed by atoms with Crippen molar-refractivity contribution in [3.63, 3.8) is 0 Å². The van der Waals surface area contributed by atoms with Crippen molar-refractivity contribution in [2.75, 3.05) is 16.8 Å². The standard InChI is InChI=1S/C19H19N3O2/c1-13-7-8-18(14(2)9-13)21-19(24)12-22(15(3)23)17-6-4-5-16(10-17)11-20/h4-10H,12H2,1-3H3,(H,21,24). The van der Waals surface area contributed by atoms with Crippen molar-refractivity contribution < 1.29 is 9.59 Å². The Morgan fingerprint density at radius 2 is 1.92 bits per heavy atom. The van der Waals surface area contributed by atoms with Crippen LogP contribution in [-0.2, 0) is 9.59 Å². The predicted molar refractivity (Wildman–Crippen MR) is 93.7 cm³/mol. The van der Waals surface area contributed by atoms with E-state index in [1.165, 1.54) is 11.8 Å². The first-order chi connectivity index (χ1) is 11.4. The number of aryl methyl sites for hydroxylation is 2. The van der Waals surface area contributed by atoms with Crippen LogP contribution in [0.15, 0.2) is 42.5 Å². The third kappa shape index (κ3) is 4.20. The lowest BCUT2D eigenvalue weighted by atomic mass is 10.1. The van der Waals surface area contributed by atoms with E-state index in [4.69, 9.17) is 5.26 Å². The number of nitrogens with one attached hydrogen (secondary N) is 1. The van der Waals surface area contributed by atoms with Gasteiger partial charge in [-0.3, -0.25) is 9.59 Å². The average molecular weight is 321 g/mol. The first kappa shape index (κ1) is 17.2. The van der Waals surface area contributed by atoms with E-state index >= 15 is 0 Å². The Labute approximate surface area is 141 Å². The number of nitriles is 1. The van der Waals surface area contributed by atoms with Gasteiger partial charge >= 0.3 is 0 Å². The number of amides is 2. The Kier molecular flexibility index (Phi) is 5.33. The maximum atomic E-state index is 12.3. The van der Waals surface area contributed by atoms with Gasteiger partial charge < -0.3 is 10.2 Å². The number of benzene rings is 2. The summed E-state index contributed by atoms with van der Waals surface area (Å²) in [5, 5.41) is 11.8. The molecule has 2 rings (SSSR count). The number of rotatable bonds is 4. The molecule has 0 aliphatic carbocycles. The summed E-state index contributed by atoms with van der Waals surface area (Å²) in [4.78, 5) is 25.6. The summed E-state index contributed by atoms with van der Waals surface area (Å²) in [6.45, 7) is 5.18. The fourth-order valence-corrected chi connectivity index (χ4v) is 2.41. The first-order valence-corrected chi connectivity index (χ1v) is 7.56. The van der Waals surface area contributed by atoms with Gasteiger partial charge in [-0.05, 0) is 43.7 Å². The Balaban J connectivity index is 2.17. The number of carbonyl (C=O) groups excluding carboxylic acids is 2. The molecule has 0 unspecified atom stereocenters. The molecule has 0 atom stereocenters. The molecule has 0 aliphatic rings. The summed E-state index contributed by atoms with van der Waals surface area (Å²) in [6.07, 6.45) is 0. The van der Waals surface area contributed by atoms with Crippen LogP contribution in [0.2, 0.25) is 0 Å². The lowest BCUT2D eigenvalue weighted by Gasteiger charge is -2.21. The Morgan fingerprint density at radius 3 is 2.54 bits per heavy atom. The van der Waals surface area contributed by atoms with E-state index in [0.717, 1.165) is 16.8 Å². The van der Waals surface area contributed by atoms with Gasteiger partial charge in [-0.1, -0.05) is 23.8 Å². The third-order valence-electron chi connectivity index (χ3n) is 3.62. The number of carbonyl (C=O) groups is 2. The van der Waals surface area contributed by atoms with Crippen LogP contribution in [0.3, 0.4) is 0 Å². The molecule has 5 nitrogen and oxygen atoms in total. The Hall–Kier alpha value is -3.13. The summed E-state index contributed by atoms with van der Waals surface area (Å²) in [6, 6.07) is 14.4. The highest BCUT2D eigenvalue weighted by Crippen LogP contribution is 2.18. The summed E-state index contributed by atoms with van der Waals surface area (Å²) >= 11 is 0. The zero-order chi connectivity index (χ0) is 17.7. The van der Waals surface area contributed by atoms with E-state index in [1.807, 2.05) is 38.1 Å². The van der Waals surface area contributed by atoms with Crippen LogP contribution in [-0.4, -0.2) is 18.4 Å². The molecule has 2 amide bonds. The van der Waals surface area contributed by atoms with Gasteiger partial charge in [-0.15, -0.1) is 0 Å². The molecule has 0 aromatic heterocycles. The van der Waals surface area contributed by atoms with Gasteiger partial charge in [0.15, 0.2) is 0 Å². The van der Waals surface area contributed by atoms with E-state index in [1.54, 1.807) is 24.3 Å². The van der Waals surface area contributed by atoms with Crippen molar-refractivity contribution in [2.45, 2.75) is 20.8 Å². The van der Waals surface area contributed by atoms with Crippen molar-refractivity contribution in [3.05, 3.63) is 59.2 Å². The van der Waals surface area contributed by atoms with Gasteiger partial charge in [0.2, 0.25) is 11.8 Å². The highest BCUT2D eigenvalue weighted by molar-refractivity contribution is 6.02. The minimum Gasteiger partial charge on any atom is -0.324 e. The molecule has 0 fully saturated rings. The lowest BCUT2D eigenvalue weighted by Crippen LogP contribution is -2.36. The van der Waals surface area contributed by atoms with Crippen molar-refractivity contribution in [1.82, 2.24) is 0 Å². The normalized spacial score (nSPS) is 9.92. The number of anilines is 2. The second-order valence-electron chi connectivity index (χ2n) is 5.63. The zero-order valence-electron chi connectivity index (χ0n) is 14.0. The van der Waals surface area contributed by atoms with Crippen molar-refractivity contribution >= 4 is 23.2 Å². The topological polar surface area (TPSA) is 73.2 Å². The number of hydrogen-bond acceptors (Lipinski definition) is 3. The second kappa shape index (κ2) is 7.42. The smallest absolute Gasteiger partial charge is 0.244 e. The summed E-state index contributed by atoms with van der Waals surface area (Å²) in [7, 11) is 0. The molecule has 0 radical (unpaired) electrons. The summed E-state index contributed by atoms with van der Waals surface area (Å²) < 4.78 is 0. The third-order valence-corrected chi connectivity index (χ3v) is 3.62. The molecule has 5 heteroatoms. The minimum atomic E-state index is -0.292. The fourth-order valence-electron chi connectivity index (χ4n) is 2.41. The molecule has 0 saturated heterocycles. The predicted octanol–water partition coefficient (Wildman–Crippen LogP) is 3.17. The highest BCUT2D eigenvalue weighted by atomic mass is 16.2. The molecule has 0 heterocycles. The summed E-state index contributed by atoms with van der Waals surface area (Å²) in [5.41, 5.74) is 3.76. The van der Waals surface area contributed by atoms with Gasteiger partial charge in [-0.2, -0.15) is 5.26 Å². The van der Waals surface area contributed by atoms with Crippen LogP contribution in [0.1, 0.15) is 23.6 Å². The lowest BCUT2D eigenvalue weighted by molar-refractivity contribution is -0.120.